The summed E-state index contributed by atoms with van der Waals surface area (Å²) in [5, 5.41) is 13.2. The average molecular weight is 355 g/mol. The first kappa shape index (κ1) is 17.2. The van der Waals surface area contributed by atoms with Crippen molar-refractivity contribution in [3.05, 3.63) is 57.4 Å². The van der Waals surface area contributed by atoms with Gasteiger partial charge in [-0.05, 0) is 19.3 Å². The van der Waals surface area contributed by atoms with Crippen LogP contribution < -0.4 is 5.32 Å². The van der Waals surface area contributed by atoms with Crippen LogP contribution in [0.4, 0.5) is 13.2 Å². The topological polar surface area (TPSA) is 75.5 Å². The van der Waals surface area contributed by atoms with E-state index in [1.807, 2.05) is 5.32 Å². The van der Waals surface area contributed by atoms with Crippen molar-refractivity contribution in [2.24, 2.45) is 0 Å². The van der Waals surface area contributed by atoms with Gasteiger partial charge in [-0.25, -0.2) is 0 Å². The highest BCUT2D eigenvalue weighted by Gasteiger charge is 2.65. The molecule has 0 unspecified atom stereocenters. The Balaban J connectivity index is 2.30. The third-order valence-electron chi connectivity index (χ3n) is 4.59. The van der Waals surface area contributed by atoms with Gasteiger partial charge in [0.05, 0.1) is 4.92 Å². The number of carbonyl (C=O) groups excluding carboxylic acids is 1. The van der Waals surface area contributed by atoms with Gasteiger partial charge < -0.3 is 10.2 Å². The molecule has 0 radical (unpaired) electrons. The van der Waals surface area contributed by atoms with Crippen LogP contribution in [0.5, 0.6) is 0 Å². The van der Waals surface area contributed by atoms with Crippen LogP contribution in [0, 0.1) is 10.1 Å². The van der Waals surface area contributed by atoms with E-state index < -0.39 is 28.4 Å². The normalized spacial score (nSPS) is 24.4. The fraction of sp³-hybridized carbons (Fsp3) is 0.438. The molecular weight excluding hydrogens is 339 g/mol. The lowest BCUT2D eigenvalue weighted by Gasteiger charge is -2.48. The molecule has 2 heterocycles. The van der Waals surface area contributed by atoms with E-state index in [0.29, 0.717) is 19.3 Å². The highest BCUT2D eigenvalue weighted by atomic mass is 19.4. The van der Waals surface area contributed by atoms with Gasteiger partial charge in [-0.1, -0.05) is 36.8 Å². The molecule has 1 N–H and O–H groups in total. The molecule has 2 aliphatic heterocycles. The van der Waals surface area contributed by atoms with E-state index in [9.17, 15) is 28.1 Å². The van der Waals surface area contributed by atoms with E-state index in [1.165, 1.54) is 24.3 Å². The van der Waals surface area contributed by atoms with E-state index in [2.05, 4.69) is 0 Å². The Hall–Kier alpha value is -2.58. The number of nitro groups is 1. The third kappa shape index (κ3) is 2.63. The highest BCUT2D eigenvalue weighted by Crippen LogP contribution is 2.47. The molecule has 3 rings (SSSR count). The van der Waals surface area contributed by atoms with E-state index in [-0.39, 0.29) is 24.2 Å². The number of nitrogens with zero attached hydrogens (tertiary/aromatic N) is 2. The van der Waals surface area contributed by atoms with Crippen LogP contribution in [0.15, 0.2) is 41.7 Å². The van der Waals surface area contributed by atoms with E-state index in [4.69, 9.17) is 0 Å². The molecule has 0 saturated carbocycles. The molecule has 0 aliphatic carbocycles. The smallest absolute Gasteiger partial charge is 0.335 e. The van der Waals surface area contributed by atoms with Crippen LogP contribution in [0.1, 0.15) is 31.2 Å². The number of hydrogen-bond acceptors (Lipinski definition) is 4. The predicted molar refractivity (Wildman–Crippen MR) is 81.5 cm³/mol. The lowest BCUT2D eigenvalue weighted by molar-refractivity contribution is -0.424. The second-order valence-corrected chi connectivity index (χ2v) is 6.04. The van der Waals surface area contributed by atoms with Crippen LogP contribution in [0.25, 0.3) is 0 Å². The molecule has 6 nitrogen and oxygen atoms in total. The molecule has 25 heavy (non-hydrogen) atoms. The minimum atomic E-state index is -4.86. The van der Waals surface area contributed by atoms with Crippen molar-refractivity contribution in [1.29, 1.82) is 0 Å². The lowest BCUT2D eigenvalue weighted by atomic mass is 9.92. The zero-order valence-corrected chi connectivity index (χ0v) is 13.2. The SMILES string of the molecule is O=C1N[C@](c2ccccc2)(C(F)(F)F)N2CCCCCC2=C1[N+](=O)[O-]. The van der Waals surface area contributed by atoms with Gasteiger partial charge in [0.15, 0.2) is 0 Å². The number of alkyl halides is 3. The second-order valence-electron chi connectivity index (χ2n) is 6.04. The Morgan fingerprint density at radius 2 is 1.84 bits per heavy atom. The number of rotatable bonds is 2. The Labute approximate surface area is 141 Å². The van der Waals surface area contributed by atoms with E-state index in [1.54, 1.807) is 6.07 Å². The highest BCUT2D eigenvalue weighted by molar-refractivity contribution is 5.93. The molecule has 9 heteroatoms. The lowest BCUT2D eigenvalue weighted by Crippen LogP contribution is -2.69. The van der Waals surface area contributed by atoms with Crippen molar-refractivity contribution in [2.75, 3.05) is 6.54 Å². The molecule has 1 fully saturated rings. The maximum atomic E-state index is 14.2. The summed E-state index contributed by atoms with van der Waals surface area (Å²) in [6.07, 6.45) is -3.20. The summed E-state index contributed by atoms with van der Waals surface area (Å²) >= 11 is 0. The first-order valence-corrected chi connectivity index (χ1v) is 7.89. The number of allylic oxidation sites excluding steroid dienone is 1. The van der Waals surface area contributed by atoms with Gasteiger partial charge in [0.25, 0.3) is 0 Å². The monoisotopic (exact) mass is 355 g/mol. The maximum absolute atomic E-state index is 14.2. The van der Waals surface area contributed by atoms with Gasteiger partial charge >= 0.3 is 17.8 Å². The molecule has 134 valence electrons. The van der Waals surface area contributed by atoms with Crippen molar-refractivity contribution in [3.63, 3.8) is 0 Å². The first-order chi connectivity index (χ1) is 11.8. The van der Waals surface area contributed by atoms with Gasteiger partial charge in [-0.15, -0.1) is 0 Å². The van der Waals surface area contributed by atoms with Crippen molar-refractivity contribution in [3.8, 4) is 0 Å². The summed E-state index contributed by atoms with van der Waals surface area (Å²) in [4.78, 5) is 23.7. The zero-order chi connectivity index (χ0) is 18.2. The summed E-state index contributed by atoms with van der Waals surface area (Å²) in [5.74, 6) is -1.31. The summed E-state index contributed by atoms with van der Waals surface area (Å²) in [6, 6.07) is 7.00. The number of amides is 1. The average Bonchev–Trinajstić information content (AvgIpc) is 2.79. The molecule has 1 amide bonds. The Morgan fingerprint density at radius 1 is 1.16 bits per heavy atom. The summed E-state index contributed by atoms with van der Waals surface area (Å²) < 4.78 is 42.7. The summed E-state index contributed by atoms with van der Waals surface area (Å²) in [6.45, 7) is -0.0264. The fourth-order valence-electron chi connectivity index (χ4n) is 3.53. The van der Waals surface area contributed by atoms with Gasteiger partial charge in [-0.3, -0.25) is 14.9 Å². The number of halogens is 3. The molecule has 1 aromatic rings. The van der Waals surface area contributed by atoms with Crippen LogP contribution in [0.3, 0.4) is 0 Å². The minimum Gasteiger partial charge on any atom is -0.335 e. The minimum absolute atomic E-state index is 0.0264. The van der Waals surface area contributed by atoms with Crippen LogP contribution in [-0.2, 0) is 10.5 Å². The first-order valence-electron chi connectivity index (χ1n) is 7.89. The summed E-state index contributed by atoms with van der Waals surface area (Å²) in [5.41, 5.74) is -3.91. The van der Waals surface area contributed by atoms with Gasteiger partial charge in [0, 0.05) is 12.1 Å². The third-order valence-corrected chi connectivity index (χ3v) is 4.59. The van der Waals surface area contributed by atoms with Gasteiger partial charge in [-0.2, -0.15) is 13.2 Å². The molecule has 1 saturated heterocycles. The molecule has 1 atom stereocenters. The number of nitrogens with one attached hydrogen (secondary N) is 1. The van der Waals surface area contributed by atoms with Crippen LogP contribution >= 0.6 is 0 Å². The van der Waals surface area contributed by atoms with Gasteiger partial charge in [0.2, 0.25) is 5.66 Å². The van der Waals surface area contributed by atoms with Crippen molar-refractivity contribution in [1.82, 2.24) is 10.2 Å². The maximum Gasteiger partial charge on any atom is 0.435 e. The zero-order valence-electron chi connectivity index (χ0n) is 13.2. The Bertz CT molecular complexity index is 733. The molecule has 2 aliphatic rings. The molecule has 1 aromatic carbocycles. The Morgan fingerprint density at radius 3 is 2.44 bits per heavy atom. The number of hydrogen-bond donors (Lipinski definition) is 1. The molecular formula is C16H16F3N3O3. The standard InChI is InChI=1S/C16H16F3N3O3/c17-16(18,19)15(11-7-3-1-4-8-11)20-14(23)13(22(24)25)12-9-5-2-6-10-21(12)15/h1,3-4,7-8H,2,5-6,9-10H2,(H,20,23)/t15-/m0/s1. The largest absolute Gasteiger partial charge is 0.435 e. The van der Waals surface area contributed by atoms with E-state index in [0.717, 1.165) is 4.90 Å². The quantitative estimate of drug-likeness (QED) is 0.654. The summed E-state index contributed by atoms with van der Waals surface area (Å²) in [7, 11) is 0. The van der Waals surface area contributed by atoms with Gasteiger partial charge in [0.1, 0.15) is 5.70 Å². The Kier molecular flexibility index (Phi) is 4.18. The molecule has 0 spiro atoms. The number of benzene rings is 1. The molecule has 0 aromatic heterocycles. The number of carbonyl (C=O) groups is 1. The van der Waals surface area contributed by atoms with Crippen molar-refractivity contribution >= 4 is 5.91 Å². The second kappa shape index (κ2) is 6.05. The predicted octanol–water partition coefficient (Wildman–Crippen LogP) is 2.90. The van der Waals surface area contributed by atoms with Crippen LogP contribution in [-0.4, -0.2) is 28.5 Å². The van der Waals surface area contributed by atoms with Crippen LogP contribution in [0.2, 0.25) is 0 Å². The van der Waals surface area contributed by atoms with E-state index >= 15 is 0 Å². The molecule has 0 bridgehead atoms. The van der Waals surface area contributed by atoms with Crippen molar-refractivity contribution in [2.45, 2.75) is 37.5 Å². The van der Waals surface area contributed by atoms with Crippen molar-refractivity contribution < 1.29 is 22.9 Å². The number of fused-ring (bicyclic) bond motifs is 1. The fourth-order valence-corrected chi connectivity index (χ4v) is 3.53.